The Morgan fingerprint density at radius 1 is 1.33 bits per heavy atom. The van der Waals surface area contributed by atoms with Crippen LogP contribution in [0.25, 0.3) is 0 Å². The van der Waals surface area contributed by atoms with Gasteiger partial charge in [0.2, 0.25) is 0 Å². The van der Waals surface area contributed by atoms with E-state index in [4.69, 9.17) is 11.6 Å². The molecule has 0 aliphatic rings. The van der Waals surface area contributed by atoms with Gasteiger partial charge in [0, 0.05) is 16.9 Å². The SMILES string of the molecule is Cc1ccc(CC(=O)C(C)(C)C)c(Cl)c1. The summed E-state index contributed by atoms with van der Waals surface area (Å²) in [6.07, 6.45) is 0.419. The lowest BCUT2D eigenvalue weighted by atomic mass is 9.87. The zero-order chi connectivity index (χ0) is 11.6. The van der Waals surface area contributed by atoms with Crippen LogP contribution in [0.15, 0.2) is 18.2 Å². The highest BCUT2D eigenvalue weighted by atomic mass is 35.5. The number of carbonyl (C=O) groups excluding carboxylic acids is 1. The second-order valence-corrected chi connectivity index (χ2v) is 5.35. The first-order chi connectivity index (χ1) is 6.80. The van der Waals surface area contributed by atoms with Gasteiger partial charge in [-0.1, -0.05) is 44.5 Å². The van der Waals surface area contributed by atoms with Crippen LogP contribution < -0.4 is 0 Å². The van der Waals surface area contributed by atoms with Crippen LogP contribution in [0.2, 0.25) is 5.02 Å². The largest absolute Gasteiger partial charge is 0.299 e. The molecule has 0 atom stereocenters. The molecule has 1 aromatic rings. The molecule has 1 rings (SSSR count). The van der Waals surface area contributed by atoms with Crippen molar-refractivity contribution in [1.82, 2.24) is 0 Å². The van der Waals surface area contributed by atoms with E-state index in [2.05, 4.69) is 0 Å². The molecular weight excluding hydrogens is 208 g/mol. The van der Waals surface area contributed by atoms with Crippen molar-refractivity contribution >= 4 is 17.4 Å². The van der Waals surface area contributed by atoms with E-state index in [9.17, 15) is 4.79 Å². The average molecular weight is 225 g/mol. The number of halogens is 1. The summed E-state index contributed by atoms with van der Waals surface area (Å²) in [6.45, 7) is 7.77. The molecule has 0 aliphatic heterocycles. The van der Waals surface area contributed by atoms with Gasteiger partial charge in [0.1, 0.15) is 5.78 Å². The summed E-state index contributed by atoms with van der Waals surface area (Å²) in [6, 6.07) is 5.81. The average Bonchev–Trinajstić information content (AvgIpc) is 2.08. The summed E-state index contributed by atoms with van der Waals surface area (Å²) >= 11 is 6.07. The Balaban J connectivity index is 2.87. The van der Waals surface area contributed by atoms with E-state index in [-0.39, 0.29) is 11.2 Å². The van der Waals surface area contributed by atoms with E-state index < -0.39 is 0 Å². The molecule has 0 fully saturated rings. The molecule has 0 saturated carbocycles. The topological polar surface area (TPSA) is 17.1 Å². The number of carbonyl (C=O) groups is 1. The molecule has 0 unspecified atom stereocenters. The maximum atomic E-state index is 11.8. The Bertz CT molecular complexity index is 375. The number of benzene rings is 1. The molecule has 2 heteroatoms. The van der Waals surface area contributed by atoms with Gasteiger partial charge in [0.05, 0.1) is 0 Å². The van der Waals surface area contributed by atoms with E-state index in [0.29, 0.717) is 11.4 Å². The molecule has 0 spiro atoms. The quantitative estimate of drug-likeness (QED) is 0.747. The molecule has 0 amide bonds. The maximum Gasteiger partial charge on any atom is 0.142 e. The molecule has 15 heavy (non-hydrogen) atoms. The van der Waals surface area contributed by atoms with Crippen LogP contribution in [0.4, 0.5) is 0 Å². The Hall–Kier alpha value is -0.820. The van der Waals surface area contributed by atoms with E-state index in [1.54, 1.807) is 0 Å². The lowest BCUT2D eigenvalue weighted by Gasteiger charge is -2.16. The zero-order valence-corrected chi connectivity index (χ0v) is 10.5. The molecule has 0 aliphatic carbocycles. The maximum absolute atomic E-state index is 11.8. The van der Waals surface area contributed by atoms with Crippen LogP contribution in [0.5, 0.6) is 0 Å². The molecule has 1 aromatic carbocycles. The summed E-state index contributed by atoms with van der Waals surface area (Å²) in [5.74, 6) is 0.216. The summed E-state index contributed by atoms with van der Waals surface area (Å²) in [5, 5.41) is 0.688. The minimum atomic E-state index is -0.297. The lowest BCUT2D eigenvalue weighted by molar-refractivity contribution is -0.125. The van der Waals surface area contributed by atoms with Crippen molar-refractivity contribution in [1.29, 1.82) is 0 Å². The highest BCUT2D eigenvalue weighted by molar-refractivity contribution is 6.31. The van der Waals surface area contributed by atoms with Gasteiger partial charge in [0.15, 0.2) is 0 Å². The molecule has 0 radical (unpaired) electrons. The molecular formula is C13H17ClO. The molecule has 0 N–H and O–H groups in total. The van der Waals surface area contributed by atoms with Gasteiger partial charge in [0.25, 0.3) is 0 Å². The van der Waals surface area contributed by atoms with Crippen molar-refractivity contribution in [3.8, 4) is 0 Å². The number of Topliss-reactive ketones (excluding diaryl/α,β-unsaturated/α-hetero) is 1. The number of aryl methyl sites for hydroxylation is 1. The van der Waals surface area contributed by atoms with Crippen LogP contribution >= 0.6 is 11.6 Å². The van der Waals surface area contributed by atoms with E-state index in [1.165, 1.54) is 0 Å². The third-order valence-electron chi connectivity index (χ3n) is 2.40. The van der Waals surface area contributed by atoms with Crippen molar-refractivity contribution < 1.29 is 4.79 Å². The molecule has 82 valence electrons. The smallest absolute Gasteiger partial charge is 0.142 e. The predicted octanol–water partition coefficient (Wildman–Crippen LogP) is 3.81. The number of hydrogen-bond donors (Lipinski definition) is 0. The minimum absolute atomic E-state index is 0.216. The van der Waals surface area contributed by atoms with Gasteiger partial charge in [-0.05, 0) is 24.1 Å². The van der Waals surface area contributed by atoms with Crippen molar-refractivity contribution in [3.63, 3.8) is 0 Å². The first-order valence-electron chi connectivity index (χ1n) is 5.09. The Kier molecular flexibility index (Phi) is 3.56. The van der Waals surface area contributed by atoms with Gasteiger partial charge in [-0.15, -0.1) is 0 Å². The van der Waals surface area contributed by atoms with Gasteiger partial charge in [-0.25, -0.2) is 0 Å². The summed E-state index contributed by atoms with van der Waals surface area (Å²) in [5.41, 5.74) is 1.74. The highest BCUT2D eigenvalue weighted by Crippen LogP contribution is 2.23. The fourth-order valence-electron chi connectivity index (χ4n) is 1.23. The van der Waals surface area contributed by atoms with Crippen LogP contribution in [0.1, 0.15) is 31.9 Å². The van der Waals surface area contributed by atoms with E-state index in [0.717, 1.165) is 11.1 Å². The predicted molar refractivity (Wildman–Crippen MR) is 64.4 cm³/mol. The number of rotatable bonds is 2. The highest BCUT2D eigenvalue weighted by Gasteiger charge is 2.21. The van der Waals surface area contributed by atoms with Gasteiger partial charge in [-0.3, -0.25) is 4.79 Å². The van der Waals surface area contributed by atoms with Gasteiger partial charge in [-0.2, -0.15) is 0 Å². The molecule has 0 saturated heterocycles. The molecule has 0 bridgehead atoms. The lowest BCUT2D eigenvalue weighted by Crippen LogP contribution is -2.22. The third-order valence-corrected chi connectivity index (χ3v) is 2.75. The van der Waals surface area contributed by atoms with Gasteiger partial charge < -0.3 is 0 Å². The summed E-state index contributed by atoms with van der Waals surface area (Å²) < 4.78 is 0. The Labute approximate surface area is 96.5 Å². The van der Waals surface area contributed by atoms with Crippen molar-refractivity contribution in [2.45, 2.75) is 34.1 Å². The normalized spacial score (nSPS) is 11.5. The van der Waals surface area contributed by atoms with Crippen molar-refractivity contribution in [3.05, 3.63) is 34.3 Å². The van der Waals surface area contributed by atoms with Crippen molar-refractivity contribution in [2.75, 3.05) is 0 Å². The Morgan fingerprint density at radius 2 is 1.93 bits per heavy atom. The second-order valence-electron chi connectivity index (χ2n) is 4.94. The van der Waals surface area contributed by atoms with Crippen LogP contribution in [0, 0.1) is 12.3 Å². The van der Waals surface area contributed by atoms with Gasteiger partial charge >= 0.3 is 0 Å². The van der Waals surface area contributed by atoms with Crippen LogP contribution in [-0.2, 0) is 11.2 Å². The zero-order valence-electron chi connectivity index (χ0n) is 9.73. The number of hydrogen-bond acceptors (Lipinski definition) is 1. The second kappa shape index (κ2) is 4.36. The fourth-order valence-corrected chi connectivity index (χ4v) is 1.54. The first kappa shape index (κ1) is 12.3. The minimum Gasteiger partial charge on any atom is -0.299 e. The van der Waals surface area contributed by atoms with Crippen LogP contribution in [0.3, 0.4) is 0 Å². The standard InChI is InChI=1S/C13H17ClO/c1-9-5-6-10(11(14)7-9)8-12(15)13(2,3)4/h5-7H,8H2,1-4H3. The Morgan fingerprint density at radius 3 is 2.40 bits per heavy atom. The fraction of sp³-hybridized carbons (Fsp3) is 0.462. The summed E-state index contributed by atoms with van der Waals surface area (Å²) in [4.78, 5) is 11.8. The van der Waals surface area contributed by atoms with Crippen LogP contribution in [-0.4, -0.2) is 5.78 Å². The number of ketones is 1. The molecule has 0 aromatic heterocycles. The monoisotopic (exact) mass is 224 g/mol. The first-order valence-corrected chi connectivity index (χ1v) is 5.47. The third kappa shape index (κ3) is 3.35. The molecule has 1 nitrogen and oxygen atoms in total. The molecule has 0 heterocycles. The van der Waals surface area contributed by atoms with E-state index in [1.807, 2.05) is 45.9 Å². The summed E-state index contributed by atoms with van der Waals surface area (Å²) in [7, 11) is 0. The van der Waals surface area contributed by atoms with E-state index >= 15 is 0 Å². The van der Waals surface area contributed by atoms with Crippen molar-refractivity contribution in [2.24, 2.45) is 5.41 Å².